The summed E-state index contributed by atoms with van der Waals surface area (Å²) in [6.07, 6.45) is 18.2. The highest BCUT2D eigenvalue weighted by Gasteiger charge is 2.17. The Hall–Kier alpha value is -2.29. The van der Waals surface area contributed by atoms with Crippen molar-refractivity contribution in [2.75, 3.05) is 18.6 Å². The fourth-order valence-corrected chi connectivity index (χ4v) is 4.04. The lowest BCUT2D eigenvalue weighted by atomic mass is 9.96. The number of hydrogen-bond acceptors (Lipinski definition) is 3. The van der Waals surface area contributed by atoms with Gasteiger partial charge in [-0.3, -0.25) is 5.01 Å². The van der Waals surface area contributed by atoms with E-state index in [1.807, 2.05) is 42.4 Å². The van der Waals surface area contributed by atoms with Gasteiger partial charge >= 0.3 is 0 Å². The molecule has 3 rings (SSSR count). The first-order valence-electron chi connectivity index (χ1n) is 11.8. The zero-order valence-corrected chi connectivity index (χ0v) is 19.2. The molecule has 0 saturated heterocycles. The highest BCUT2D eigenvalue weighted by molar-refractivity contribution is 5.83. The van der Waals surface area contributed by atoms with Crippen molar-refractivity contribution in [3.05, 3.63) is 66.4 Å². The summed E-state index contributed by atoms with van der Waals surface area (Å²) < 4.78 is 0. The van der Waals surface area contributed by atoms with Gasteiger partial charge in [0, 0.05) is 24.9 Å². The smallest absolute Gasteiger partial charge is 0.0590 e. The van der Waals surface area contributed by atoms with Gasteiger partial charge in [0.1, 0.15) is 0 Å². The Balaban J connectivity index is 0.000000456. The van der Waals surface area contributed by atoms with Gasteiger partial charge < -0.3 is 5.32 Å². The van der Waals surface area contributed by atoms with Gasteiger partial charge in [0.05, 0.1) is 11.9 Å². The predicted octanol–water partition coefficient (Wildman–Crippen LogP) is 7.25. The number of benzene rings is 1. The van der Waals surface area contributed by atoms with E-state index < -0.39 is 0 Å². The van der Waals surface area contributed by atoms with Crippen molar-refractivity contribution in [3.8, 4) is 0 Å². The van der Waals surface area contributed by atoms with Gasteiger partial charge in [-0.15, -0.1) is 0 Å². The number of para-hydroxylation sites is 1. The minimum Gasteiger partial charge on any atom is -0.381 e. The van der Waals surface area contributed by atoms with Gasteiger partial charge in [-0.05, 0) is 37.3 Å². The predicted molar refractivity (Wildman–Crippen MR) is 133 cm³/mol. The molecule has 30 heavy (non-hydrogen) atoms. The van der Waals surface area contributed by atoms with Crippen LogP contribution in [-0.4, -0.2) is 19.8 Å². The number of anilines is 1. The molecule has 1 atom stereocenters. The summed E-state index contributed by atoms with van der Waals surface area (Å²) in [6.45, 7) is 11.3. The normalized spacial score (nSPS) is 18.3. The number of hydrazone groups is 1. The summed E-state index contributed by atoms with van der Waals surface area (Å²) in [4.78, 5) is 0. The molecule has 0 aromatic heterocycles. The van der Waals surface area contributed by atoms with Crippen LogP contribution in [0.15, 0.2) is 71.5 Å². The lowest BCUT2D eigenvalue weighted by Crippen LogP contribution is -2.20. The third-order valence-electron chi connectivity index (χ3n) is 5.99. The van der Waals surface area contributed by atoms with E-state index in [0.717, 1.165) is 29.4 Å². The van der Waals surface area contributed by atoms with E-state index in [-0.39, 0.29) is 0 Å². The Kier molecular flexibility index (Phi) is 11.1. The van der Waals surface area contributed by atoms with Crippen molar-refractivity contribution < 1.29 is 0 Å². The van der Waals surface area contributed by atoms with Gasteiger partial charge in [0.15, 0.2) is 0 Å². The molecule has 1 N–H and O–H groups in total. The van der Waals surface area contributed by atoms with Crippen LogP contribution in [0.2, 0.25) is 0 Å². The minimum atomic E-state index is 0.737. The van der Waals surface area contributed by atoms with Crippen LogP contribution in [0.25, 0.3) is 0 Å². The van der Waals surface area contributed by atoms with Gasteiger partial charge in [-0.25, -0.2) is 0 Å². The third kappa shape index (κ3) is 8.61. The molecule has 1 unspecified atom stereocenters. The lowest BCUT2D eigenvalue weighted by molar-refractivity contribution is 0.504. The Morgan fingerprint density at radius 3 is 2.33 bits per heavy atom. The molecule has 164 valence electrons. The van der Waals surface area contributed by atoms with Crippen molar-refractivity contribution >= 4 is 11.9 Å². The molecule has 1 aromatic carbocycles. The highest BCUT2D eigenvalue weighted by Crippen LogP contribution is 2.29. The minimum absolute atomic E-state index is 0.737. The number of nitrogens with one attached hydrogen (secondary N) is 1. The van der Waals surface area contributed by atoms with Gasteiger partial charge in [0.25, 0.3) is 0 Å². The maximum absolute atomic E-state index is 4.43. The lowest BCUT2D eigenvalue weighted by Gasteiger charge is -2.17. The molecular formula is C27H41N3. The molecule has 1 fully saturated rings. The molecule has 0 amide bonds. The van der Waals surface area contributed by atoms with Crippen molar-refractivity contribution in [3.63, 3.8) is 0 Å². The van der Waals surface area contributed by atoms with Crippen LogP contribution in [0.3, 0.4) is 0 Å². The van der Waals surface area contributed by atoms with Crippen LogP contribution in [0, 0.1) is 5.92 Å². The molecule has 2 aliphatic rings. The van der Waals surface area contributed by atoms with Crippen molar-refractivity contribution in [2.45, 2.75) is 71.1 Å². The van der Waals surface area contributed by atoms with Crippen molar-refractivity contribution in [1.29, 1.82) is 0 Å². The van der Waals surface area contributed by atoms with E-state index in [1.165, 1.54) is 69.8 Å². The van der Waals surface area contributed by atoms with E-state index in [9.17, 15) is 0 Å². The summed E-state index contributed by atoms with van der Waals surface area (Å²) >= 11 is 0. The average molecular weight is 408 g/mol. The zero-order valence-electron chi connectivity index (χ0n) is 19.2. The molecular weight excluding hydrogens is 366 g/mol. The molecule has 3 nitrogen and oxygen atoms in total. The third-order valence-corrected chi connectivity index (χ3v) is 5.99. The highest BCUT2D eigenvalue weighted by atomic mass is 15.4. The SMILES string of the molecule is C1CCCCC1.C=C(/C=N\N(C)c1ccccc1)C(=C)NCC1=CCCC1CCC. The summed E-state index contributed by atoms with van der Waals surface area (Å²) in [5, 5.41) is 9.67. The Morgan fingerprint density at radius 2 is 1.73 bits per heavy atom. The van der Waals surface area contributed by atoms with Crippen LogP contribution in [-0.2, 0) is 0 Å². The molecule has 0 heterocycles. The second-order valence-corrected chi connectivity index (χ2v) is 8.42. The fourth-order valence-electron chi connectivity index (χ4n) is 4.04. The average Bonchev–Trinajstić information content (AvgIpc) is 3.25. The summed E-state index contributed by atoms with van der Waals surface area (Å²) in [5.74, 6) is 0.737. The largest absolute Gasteiger partial charge is 0.381 e. The van der Waals surface area contributed by atoms with Crippen molar-refractivity contribution in [1.82, 2.24) is 5.32 Å². The zero-order chi connectivity index (χ0) is 21.6. The van der Waals surface area contributed by atoms with E-state index >= 15 is 0 Å². The maximum atomic E-state index is 4.43. The van der Waals surface area contributed by atoms with Gasteiger partial charge in [-0.2, -0.15) is 5.10 Å². The number of rotatable bonds is 9. The van der Waals surface area contributed by atoms with E-state index in [4.69, 9.17) is 0 Å². The second kappa shape index (κ2) is 13.8. The molecule has 0 aliphatic heterocycles. The standard InChI is InChI=1S/C21H29N3.C6H12/c1-5-10-19-11-9-12-20(19)16-22-18(3)17(2)15-23-24(4)21-13-7-6-8-14-21;1-2-4-6-5-3-1/h6-8,12-15,19,22H,2-3,5,9-11,16H2,1,4H3;1-6H2/b23-15-;. The molecule has 1 saturated carbocycles. The number of hydrogen-bond donors (Lipinski definition) is 1. The number of allylic oxidation sites excluding steroid dienone is 2. The molecule has 0 bridgehead atoms. The Morgan fingerprint density at radius 1 is 1.10 bits per heavy atom. The molecule has 3 heteroatoms. The van der Waals surface area contributed by atoms with E-state index in [0.29, 0.717) is 0 Å². The Bertz CT molecular complexity index is 687. The molecule has 1 aromatic rings. The van der Waals surface area contributed by atoms with Crippen LogP contribution in [0.4, 0.5) is 5.69 Å². The second-order valence-electron chi connectivity index (χ2n) is 8.42. The first-order valence-corrected chi connectivity index (χ1v) is 11.8. The number of nitrogens with zero attached hydrogens (tertiary/aromatic N) is 2. The van der Waals surface area contributed by atoms with Crippen LogP contribution >= 0.6 is 0 Å². The molecule has 0 radical (unpaired) electrons. The molecule has 2 aliphatic carbocycles. The summed E-state index contributed by atoms with van der Waals surface area (Å²) in [7, 11) is 1.92. The first-order chi connectivity index (χ1) is 14.6. The van der Waals surface area contributed by atoms with E-state index in [1.54, 1.807) is 6.21 Å². The van der Waals surface area contributed by atoms with Crippen molar-refractivity contribution in [2.24, 2.45) is 11.0 Å². The fraction of sp³-hybridized carbons (Fsp3) is 0.519. The van der Waals surface area contributed by atoms with Crippen LogP contribution < -0.4 is 10.3 Å². The monoisotopic (exact) mass is 407 g/mol. The summed E-state index contributed by atoms with van der Waals surface area (Å²) in [6, 6.07) is 10.0. The van der Waals surface area contributed by atoms with Gasteiger partial charge in [-0.1, -0.05) is 94.9 Å². The van der Waals surface area contributed by atoms with Gasteiger partial charge in [0.2, 0.25) is 0 Å². The quantitative estimate of drug-likeness (QED) is 0.202. The van der Waals surface area contributed by atoms with Crippen LogP contribution in [0.1, 0.15) is 71.1 Å². The maximum Gasteiger partial charge on any atom is 0.0590 e. The summed E-state index contributed by atoms with van der Waals surface area (Å²) in [5.41, 5.74) is 4.20. The first kappa shape index (κ1) is 24.0. The topological polar surface area (TPSA) is 27.6 Å². The van der Waals surface area contributed by atoms with E-state index in [2.05, 4.69) is 36.6 Å². The van der Waals surface area contributed by atoms with Crippen LogP contribution in [0.5, 0.6) is 0 Å². The molecule has 0 spiro atoms. The Labute approximate surface area is 184 Å².